The molecule has 1 saturated carbocycles. The lowest BCUT2D eigenvalue weighted by molar-refractivity contribution is 0.0117. The van der Waals surface area contributed by atoms with E-state index in [0.717, 1.165) is 25.2 Å². The molecule has 1 N–H and O–H groups in total. The average molecular weight is 184 g/mol. The monoisotopic (exact) mass is 184 g/mol. The normalized spacial score (nSPS) is 23.1. The van der Waals surface area contributed by atoms with E-state index in [4.69, 9.17) is 0 Å². The van der Waals surface area contributed by atoms with Gasteiger partial charge in [-0.25, -0.2) is 0 Å². The number of rotatable bonds is 3. The highest BCUT2D eigenvalue weighted by Gasteiger charge is 2.27. The van der Waals surface area contributed by atoms with Crippen LogP contribution >= 0.6 is 0 Å². The first-order chi connectivity index (χ1) is 6.12. The summed E-state index contributed by atoms with van der Waals surface area (Å²) in [6.07, 6.45) is 9.39. The van der Waals surface area contributed by atoms with E-state index in [1.165, 1.54) is 32.1 Å². The standard InChI is InChI=1S/C12H24O/c1-11(2)7-10-12(13)8-5-3-4-6-9-12/h11,13H,3-10H2,1-2H3. The van der Waals surface area contributed by atoms with E-state index in [0.29, 0.717) is 0 Å². The summed E-state index contributed by atoms with van der Waals surface area (Å²) >= 11 is 0. The summed E-state index contributed by atoms with van der Waals surface area (Å²) in [6, 6.07) is 0. The molecule has 0 aliphatic heterocycles. The molecule has 0 aromatic heterocycles. The van der Waals surface area contributed by atoms with Crippen LogP contribution in [-0.4, -0.2) is 10.7 Å². The largest absolute Gasteiger partial charge is 0.390 e. The third-order valence-corrected chi connectivity index (χ3v) is 3.22. The molecule has 0 atom stereocenters. The van der Waals surface area contributed by atoms with Crippen LogP contribution in [0.15, 0.2) is 0 Å². The maximum absolute atomic E-state index is 10.3. The van der Waals surface area contributed by atoms with Gasteiger partial charge in [-0.05, 0) is 31.6 Å². The Morgan fingerprint density at radius 1 is 1.08 bits per heavy atom. The summed E-state index contributed by atoms with van der Waals surface area (Å²) in [4.78, 5) is 0. The second kappa shape index (κ2) is 4.99. The van der Waals surface area contributed by atoms with Crippen LogP contribution in [-0.2, 0) is 0 Å². The molecule has 1 fully saturated rings. The number of hydrogen-bond donors (Lipinski definition) is 1. The molecule has 0 heterocycles. The SMILES string of the molecule is CC(C)CCC1(O)CCCCCC1. The van der Waals surface area contributed by atoms with Crippen molar-refractivity contribution in [2.45, 2.75) is 70.8 Å². The summed E-state index contributed by atoms with van der Waals surface area (Å²) in [7, 11) is 0. The highest BCUT2D eigenvalue weighted by atomic mass is 16.3. The summed E-state index contributed by atoms with van der Waals surface area (Å²) in [6.45, 7) is 4.47. The van der Waals surface area contributed by atoms with Gasteiger partial charge in [0.25, 0.3) is 0 Å². The average Bonchev–Trinajstić information content (AvgIpc) is 2.28. The quantitative estimate of drug-likeness (QED) is 0.665. The Bertz CT molecular complexity index is 132. The highest BCUT2D eigenvalue weighted by Crippen LogP contribution is 2.31. The molecule has 0 aromatic carbocycles. The van der Waals surface area contributed by atoms with Crippen LogP contribution in [0.5, 0.6) is 0 Å². The third kappa shape index (κ3) is 4.12. The van der Waals surface area contributed by atoms with Crippen molar-refractivity contribution < 1.29 is 5.11 Å². The van der Waals surface area contributed by atoms with Crippen molar-refractivity contribution in [2.75, 3.05) is 0 Å². The predicted molar refractivity (Wildman–Crippen MR) is 56.7 cm³/mol. The van der Waals surface area contributed by atoms with Gasteiger partial charge >= 0.3 is 0 Å². The lowest BCUT2D eigenvalue weighted by atomic mass is 9.87. The van der Waals surface area contributed by atoms with E-state index in [1.54, 1.807) is 0 Å². The summed E-state index contributed by atoms with van der Waals surface area (Å²) in [5.41, 5.74) is -0.305. The van der Waals surface area contributed by atoms with Gasteiger partial charge < -0.3 is 5.11 Å². The maximum Gasteiger partial charge on any atom is 0.0648 e. The van der Waals surface area contributed by atoms with Crippen molar-refractivity contribution in [1.82, 2.24) is 0 Å². The Morgan fingerprint density at radius 2 is 1.62 bits per heavy atom. The molecule has 1 aliphatic carbocycles. The van der Waals surface area contributed by atoms with Crippen LogP contribution in [0, 0.1) is 5.92 Å². The second-order valence-electron chi connectivity index (χ2n) is 5.07. The van der Waals surface area contributed by atoms with Gasteiger partial charge in [0.2, 0.25) is 0 Å². The zero-order valence-electron chi connectivity index (χ0n) is 9.18. The lowest BCUT2D eigenvalue weighted by Crippen LogP contribution is -2.28. The molecular weight excluding hydrogens is 160 g/mol. The van der Waals surface area contributed by atoms with Crippen molar-refractivity contribution in [3.8, 4) is 0 Å². The van der Waals surface area contributed by atoms with Gasteiger partial charge in [0.05, 0.1) is 5.60 Å². The van der Waals surface area contributed by atoms with Crippen LogP contribution in [0.25, 0.3) is 0 Å². The van der Waals surface area contributed by atoms with Gasteiger partial charge in [-0.1, -0.05) is 39.5 Å². The molecule has 13 heavy (non-hydrogen) atoms. The minimum absolute atomic E-state index is 0.305. The molecule has 0 aromatic rings. The van der Waals surface area contributed by atoms with Crippen molar-refractivity contribution in [1.29, 1.82) is 0 Å². The first kappa shape index (κ1) is 11.0. The predicted octanol–water partition coefficient (Wildman–Crippen LogP) is 3.51. The Kier molecular flexibility index (Phi) is 4.24. The fraction of sp³-hybridized carbons (Fsp3) is 1.00. The van der Waals surface area contributed by atoms with Crippen molar-refractivity contribution >= 4 is 0 Å². The minimum Gasteiger partial charge on any atom is -0.390 e. The van der Waals surface area contributed by atoms with Crippen molar-refractivity contribution in [3.05, 3.63) is 0 Å². The van der Waals surface area contributed by atoms with E-state index in [2.05, 4.69) is 13.8 Å². The smallest absolute Gasteiger partial charge is 0.0648 e. The van der Waals surface area contributed by atoms with Gasteiger partial charge in [-0.15, -0.1) is 0 Å². The minimum atomic E-state index is -0.305. The fourth-order valence-electron chi connectivity index (χ4n) is 2.19. The van der Waals surface area contributed by atoms with Crippen LogP contribution < -0.4 is 0 Å². The van der Waals surface area contributed by atoms with Crippen LogP contribution in [0.1, 0.15) is 65.2 Å². The molecule has 78 valence electrons. The molecule has 1 nitrogen and oxygen atoms in total. The number of aliphatic hydroxyl groups is 1. The summed E-state index contributed by atoms with van der Waals surface area (Å²) in [5.74, 6) is 0.729. The molecule has 1 heteroatoms. The molecule has 0 bridgehead atoms. The summed E-state index contributed by atoms with van der Waals surface area (Å²) in [5, 5.41) is 10.3. The van der Waals surface area contributed by atoms with E-state index in [1.807, 2.05) is 0 Å². The highest BCUT2D eigenvalue weighted by molar-refractivity contribution is 4.80. The molecule has 0 radical (unpaired) electrons. The van der Waals surface area contributed by atoms with Crippen molar-refractivity contribution in [2.24, 2.45) is 5.92 Å². The molecule has 0 unspecified atom stereocenters. The Hall–Kier alpha value is -0.0400. The Balaban J connectivity index is 2.33. The topological polar surface area (TPSA) is 20.2 Å². The van der Waals surface area contributed by atoms with Crippen LogP contribution in [0.4, 0.5) is 0 Å². The molecule has 1 rings (SSSR count). The van der Waals surface area contributed by atoms with E-state index >= 15 is 0 Å². The third-order valence-electron chi connectivity index (χ3n) is 3.22. The first-order valence-corrected chi connectivity index (χ1v) is 5.85. The van der Waals surface area contributed by atoms with Gasteiger partial charge in [0.1, 0.15) is 0 Å². The van der Waals surface area contributed by atoms with E-state index < -0.39 is 0 Å². The van der Waals surface area contributed by atoms with Gasteiger partial charge in [0, 0.05) is 0 Å². The van der Waals surface area contributed by atoms with Crippen LogP contribution in [0.2, 0.25) is 0 Å². The molecular formula is C12H24O. The van der Waals surface area contributed by atoms with Crippen molar-refractivity contribution in [3.63, 3.8) is 0 Å². The Morgan fingerprint density at radius 3 is 2.08 bits per heavy atom. The zero-order valence-corrected chi connectivity index (χ0v) is 9.18. The zero-order chi connectivity index (χ0) is 9.73. The number of hydrogen-bond acceptors (Lipinski definition) is 1. The van der Waals surface area contributed by atoms with Gasteiger partial charge in [0.15, 0.2) is 0 Å². The second-order valence-corrected chi connectivity index (χ2v) is 5.07. The van der Waals surface area contributed by atoms with Crippen LogP contribution in [0.3, 0.4) is 0 Å². The van der Waals surface area contributed by atoms with E-state index in [9.17, 15) is 5.11 Å². The lowest BCUT2D eigenvalue weighted by Gasteiger charge is -2.27. The molecule has 0 saturated heterocycles. The maximum atomic E-state index is 10.3. The molecule has 1 aliphatic rings. The van der Waals surface area contributed by atoms with E-state index in [-0.39, 0.29) is 5.60 Å². The Labute approximate surface area is 82.5 Å². The molecule has 0 amide bonds. The van der Waals surface area contributed by atoms with Gasteiger partial charge in [-0.3, -0.25) is 0 Å². The van der Waals surface area contributed by atoms with Gasteiger partial charge in [-0.2, -0.15) is 0 Å². The summed E-state index contributed by atoms with van der Waals surface area (Å²) < 4.78 is 0. The fourth-order valence-corrected chi connectivity index (χ4v) is 2.19. The molecule has 0 spiro atoms. The first-order valence-electron chi connectivity index (χ1n) is 5.85.